The van der Waals surface area contributed by atoms with Crippen LogP contribution in [0.5, 0.6) is 0 Å². The summed E-state index contributed by atoms with van der Waals surface area (Å²) in [7, 11) is 4.08. The lowest BCUT2D eigenvalue weighted by atomic mass is 9.47. The molecule has 418 valence electrons. The van der Waals surface area contributed by atoms with E-state index in [2.05, 4.69) is 59.4 Å². The molecule has 0 aliphatic heterocycles. The number of hydrogen-bond acceptors (Lipinski definition) is 7. The van der Waals surface area contributed by atoms with Gasteiger partial charge in [-0.3, -0.25) is 14.4 Å². The van der Waals surface area contributed by atoms with Crippen molar-refractivity contribution >= 4 is 17.9 Å². The van der Waals surface area contributed by atoms with Crippen LogP contribution in [0.4, 0.5) is 0 Å². The molecule has 7 nitrogen and oxygen atoms in total. The Balaban J connectivity index is 1.08. The maximum atomic E-state index is 13.2. The van der Waals surface area contributed by atoms with Gasteiger partial charge in [-0.05, 0) is 169 Å². The highest BCUT2D eigenvalue weighted by atomic mass is 16.5. The number of carbonyl (C=O) groups excluding carboxylic acids is 3. The number of ether oxygens (including phenoxy) is 3. The van der Waals surface area contributed by atoms with Crippen LogP contribution >= 0.6 is 0 Å². The second-order valence-corrected chi connectivity index (χ2v) is 25.8. The molecule has 7 heteroatoms. The summed E-state index contributed by atoms with van der Waals surface area (Å²) in [4.78, 5) is 40.7. The van der Waals surface area contributed by atoms with Crippen LogP contribution in [-0.2, 0) is 28.6 Å². The molecule has 0 amide bonds. The van der Waals surface area contributed by atoms with Crippen LogP contribution in [0.1, 0.15) is 292 Å². The van der Waals surface area contributed by atoms with Crippen molar-refractivity contribution in [3.8, 4) is 0 Å². The van der Waals surface area contributed by atoms with Gasteiger partial charge in [0.05, 0.1) is 6.61 Å². The average molecular weight is 1010 g/mol. The van der Waals surface area contributed by atoms with Crippen molar-refractivity contribution in [2.45, 2.75) is 305 Å². The highest BCUT2D eigenvalue weighted by molar-refractivity contribution is 5.70. The molecule has 0 aromatic heterocycles. The highest BCUT2D eigenvalue weighted by Crippen LogP contribution is 2.67. The predicted octanol–water partition coefficient (Wildman–Crippen LogP) is 18.1. The third-order valence-corrected chi connectivity index (χ3v) is 19.4. The number of esters is 3. The maximum absolute atomic E-state index is 13.2. The number of allylic oxidation sites excluding steroid dienone is 1. The first-order chi connectivity index (χ1) is 34.7. The van der Waals surface area contributed by atoms with Gasteiger partial charge in [0, 0.05) is 25.7 Å². The molecule has 3 saturated carbocycles. The van der Waals surface area contributed by atoms with Gasteiger partial charge in [-0.15, -0.1) is 0 Å². The number of fused-ring (bicyclic) bond motifs is 5. The summed E-state index contributed by atoms with van der Waals surface area (Å²) in [5.74, 6) is 5.64. The second kappa shape index (κ2) is 34.7. The first-order valence-electron chi connectivity index (χ1n) is 31.6. The Bertz CT molecular complexity index is 1510. The quantitative estimate of drug-likeness (QED) is 0.0262. The minimum Gasteiger partial charge on any atom is -0.466 e. The van der Waals surface area contributed by atoms with E-state index in [9.17, 15) is 14.4 Å². The SMILES string of the molecule is CCCCCCC(CCCCCC)CCOC(=O)CCCCCCCC(CCCCCCCC(=O)O[C@H]1CC[C@@]2(C)C(=CCC3C2CC[C@@]2(C)C3CC[C@@H]2[C@H](C)CCCC(C)C)C1)OC(=O)CCCN(C)C. The maximum Gasteiger partial charge on any atom is 0.306 e. The second-order valence-electron chi connectivity index (χ2n) is 25.8. The Morgan fingerprint density at radius 3 is 1.85 bits per heavy atom. The van der Waals surface area contributed by atoms with E-state index in [1.165, 1.54) is 122 Å². The molecule has 0 spiro atoms. The minimum atomic E-state index is -0.0682. The first kappa shape index (κ1) is 62.6. The predicted molar refractivity (Wildman–Crippen MR) is 302 cm³/mol. The third kappa shape index (κ3) is 22.0. The fourth-order valence-corrected chi connectivity index (χ4v) is 15.0. The zero-order valence-corrected chi connectivity index (χ0v) is 49.0. The standard InChI is InChI=1S/C65H117NO6/c1-10-12-14-22-32-53(33-23-15-13-11-2)45-49-70-61(67)36-26-20-16-18-24-34-55(71-63(69)38-29-48-66(8)9)35-25-19-17-21-27-37-62(68)72-56-43-46-64(6)54(50-56)39-40-57-59-42-41-58(52(5)31-28-30-51(3)4)65(59,7)47-44-60(57)64/h39,51-53,55-60H,10-38,40-50H2,1-9H3/t52-,55?,56+,57?,58-,59?,60?,64+,65-/m1/s1. The summed E-state index contributed by atoms with van der Waals surface area (Å²) in [5.41, 5.74) is 2.40. The number of carbonyl (C=O) groups is 3. The number of unbranched alkanes of at least 4 members (excludes halogenated alkanes) is 14. The van der Waals surface area contributed by atoms with Gasteiger partial charge in [0.25, 0.3) is 0 Å². The van der Waals surface area contributed by atoms with E-state index in [0.717, 1.165) is 145 Å². The summed E-state index contributed by atoms with van der Waals surface area (Å²) in [5, 5.41) is 0. The van der Waals surface area contributed by atoms with Crippen molar-refractivity contribution in [2.75, 3.05) is 27.2 Å². The van der Waals surface area contributed by atoms with Gasteiger partial charge in [-0.25, -0.2) is 0 Å². The molecule has 0 aromatic carbocycles. The van der Waals surface area contributed by atoms with Crippen LogP contribution in [0.25, 0.3) is 0 Å². The monoisotopic (exact) mass is 1010 g/mol. The van der Waals surface area contributed by atoms with Crippen molar-refractivity contribution < 1.29 is 28.6 Å². The van der Waals surface area contributed by atoms with Gasteiger partial charge in [-0.1, -0.05) is 182 Å². The van der Waals surface area contributed by atoms with Crippen LogP contribution in [0, 0.1) is 52.3 Å². The van der Waals surface area contributed by atoms with Gasteiger partial charge in [0.2, 0.25) is 0 Å². The summed E-state index contributed by atoms with van der Waals surface area (Å²) in [6.45, 7) is 18.6. The summed E-state index contributed by atoms with van der Waals surface area (Å²) >= 11 is 0. The Morgan fingerprint density at radius 2 is 1.21 bits per heavy atom. The summed E-state index contributed by atoms with van der Waals surface area (Å²) < 4.78 is 18.0. The molecule has 4 unspecified atom stereocenters. The van der Waals surface area contributed by atoms with E-state index in [1.807, 2.05) is 14.1 Å². The zero-order valence-electron chi connectivity index (χ0n) is 49.0. The van der Waals surface area contributed by atoms with Crippen molar-refractivity contribution in [3.63, 3.8) is 0 Å². The topological polar surface area (TPSA) is 82.1 Å². The normalized spacial score (nSPS) is 25.7. The van der Waals surface area contributed by atoms with Crippen LogP contribution in [0.2, 0.25) is 0 Å². The molecule has 4 aliphatic rings. The summed E-state index contributed by atoms with van der Waals surface area (Å²) in [6.07, 6.45) is 45.3. The molecule has 4 rings (SSSR count). The van der Waals surface area contributed by atoms with Gasteiger partial charge in [0.1, 0.15) is 12.2 Å². The van der Waals surface area contributed by atoms with Crippen molar-refractivity contribution in [3.05, 3.63) is 11.6 Å². The molecule has 0 saturated heterocycles. The highest BCUT2D eigenvalue weighted by Gasteiger charge is 2.59. The van der Waals surface area contributed by atoms with Gasteiger partial charge < -0.3 is 19.1 Å². The van der Waals surface area contributed by atoms with Crippen molar-refractivity contribution in [1.29, 1.82) is 0 Å². The molecule has 0 radical (unpaired) electrons. The fourth-order valence-electron chi connectivity index (χ4n) is 15.0. The Morgan fingerprint density at radius 1 is 0.611 bits per heavy atom. The molecular formula is C65H117NO6. The van der Waals surface area contributed by atoms with E-state index >= 15 is 0 Å². The van der Waals surface area contributed by atoms with E-state index in [1.54, 1.807) is 5.57 Å². The molecule has 0 N–H and O–H groups in total. The lowest BCUT2D eigenvalue weighted by molar-refractivity contribution is -0.152. The van der Waals surface area contributed by atoms with Crippen LogP contribution in [-0.4, -0.2) is 62.3 Å². The minimum absolute atomic E-state index is 0.00712. The Labute approximate surface area is 445 Å². The lowest BCUT2D eigenvalue weighted by Crippen LogP contribution is -2.51. The van der Waals surface area contributed by atoms with Crippen molar-refractivity contribution in [2.24, 2.45) is 52.3 Å². The zero-order chi connectivity index (χ0) is 52.2. The Hall–Kier alpha value is -1.89. The molecule has 72 heavy (non-hydrogen) atoms. The fraction of sp³-hybridized carbons (Fsp3) is 0.923. The van der Waals surface area contributed by atoms with Gasteiger partial charge in [0.15, 0.2) is 0 Å². The number of rotatable bonds is 40. The van der Waals surface area contributed by atoms with Gasteiger partial charge in [-0.2, -0.15) is 0 Å². The first-order valence-corrected chi connectivity index (χ1v) is 31.6. The number of nitrogens with zero attached hydrogens (tertiary/aromatic N) is 1. The van der Waals surface area contributed by atoms with Crippen LogP contribution < -0.4 is 0 Å². The molecule has 0 bridgehead atoms. The van der Waals surface area contributed by atoms with E-state index in [4.69, 9.17) is 14.2 Å². The molecule has 3 fully saturated rings. The molecule has 4 aliphatic carbocycles. The molecule has 0 aromatic rings. The van der Waals surface area contributed by atoms with E-state index in [0.29, 0.717) is 37.2 Å². The van der Waals surface area contributed by atoms with Crippen LogP contribution in [0.15, 0.2) is 11.6 Å². The van der Waals surface area contributed by atoms with Gasteiger partial charge >= 0.3 is 17.9 Å². The number of hydrogen-bond donors (Lipinski definition) is 0. The summed E-state index contributed by atoms with van der Waals surface area (Å²) in [6, 6.07) is 0. The smallest absolute Gasteiger partial charge is 0.306 e. The molecule has 0 heterocycles. The average Bonchev–Trinajstić information content (AvgIpc) is 3.70. The van der Waals surface area contributed by atoms with E-state index in [-0.39, 0.29) is 35.5 Å². The molecular weight excluding hydrogens is 891 g/mol. The van der Waals surface area contributed by atoms with Crippen molar-refractivity contribution in [1.82, 2.24) is 4.90 Å². The molecule has 9 atom stereocenters. The van der Waals surface area contributed by atoms with Crippen LogP contribution in [0.3, 0.4) is 0 Å². The lowest BCUT2D eigenvalue weighted by Gasteiger charge is -2.58. The Kier molecular flexibility index (Phi) is 30.2. The largest absolute Gasteiger partial charge is 0.466 e. The van der Waals surface area contributed by atoms with E-state index < -0.39 is 0 Å². The third-order valence-electron chi connectivity index (χ3n) is 19.4.